The highest BCUT2D eigenvalue weighted by molar-refractivity contribution is 5.94. The number of rotatable bonds is 5. The summed E-state index contributed by atoms with van der Waals surface area (Å²) in [4.78, 5) is 16.4. The van der Waals surface area contributed by atoms with Gasteiger partial charge in [-0.15, -0.1) is 0 Å². The van der Waals surface area contributed by atoms with Crippen molar-refractivity contribution in [2.24, 2.45) is 0 Å². The maximum Gasteiger partial charge on any atom is 0.416 e. The molecule has 0 aromatic heterocycles. The summed E-state index contributed by atoms with van der Waals surface area (Å²) in [5, 5.41) is 8.82. The van der Waals surface area contributed by atoms with E-state index in [4.69, 9.17) is 5.11 Å². The smallest absolute Gasteiger partial charge is 0.396 e. The van der Waals surface area contributed by atoms with Crippen molar-refractivity contribution in [3.8, 4) is 0 Å². The Morgan fingerprint density at radius 3 is 2.38 bits per heavy atom. The third-order valence-corrected chi connectivity index (χ3v) is 4.22. The van der Waals surface area contributed by atoms with E-state index in [0.717, 1.165) is 51.0 Å². The molecule has 1 heterocycles. The van der Waals surface area contributed by atoms with Crippen molar-refractivity contribution in [1.29, 1.82) is 0 Å². The molecule has 134 valence electrons. The summed E-state index contributed by atoms with van der Waals surface area (Å²) in [7, 11) is 0. The number of carbonyl (C=O) groups is 1. The Balaban J connectivity index is 1.92. The molecule has 24 heavy (non-hydrogen) atoms. The lowest BCUT2D eigenvalue weighted by atomic mass is 10.1. The molecule has 1 aromatic carbocycles. The quantitative estimate of drug-likeness (QED) is 0.835. The third kappa shape index (κ3) is 5.21. The van der Waals surface area contributed by atoms with E-state index in [1.165, 1.54) is 12.1 Å². The fourth-order valence-corrected chi connectivity index (χ4v) is 2.83. The molecule has 4 nitrogen and oxygen atoms in total. The Kier molecular flexibility index (Phi) is 6.62. The van der Waals surface area contributed by atoms with Crippen LogP contribution < -0.4 is 0 Å². The molecule has 7 heteroatoms. The van der Waals surface area contributed by atoms with Gasteiger partial charge in [0.15, 0.2) is 0 Å². The molecule has 0 spiro atoms. The summed E-state index contributed by atoms with van der Waals surface area (Å²) in [5.74, 6) is -0.221. The van der Waals surface area contributed by atoms with Crippen LogP contribution in [0.4, 0.5) is 13.2 Å². The maximum absolute atomic E-state index is 12.6. The van der Waals surface area contributed by atoms with Crippen LogP contribution in [0.1, 0.15) is 35.2 Å². The van der Waals surface area contributed by atoms with Crippen molar-refractivity contribution >= 4 is 5.91 Å². The first-order valence-corrected chi connectivity index (χ1v) is 8.21. The van der Waals surface area contributed by atoms with E-state index in [-0.39, 0.29) is 18.1 Å². The topological polar surface area (TPSA) is 43.8 Å². The molecular formula is C17H23F3N2O2. The van der Waals surface area contributed by atoms with Crippen molar-refractivity contribution < 1.29 is 23.1 Å². The summed E-state index contributed by atoms with van der Waals surface area (Å²) in [5.41, 5.74) is -0.457. The number of hydrogen-bond donors (Lipinski definition) is 1. The molecule has 1 fully saturated rings. The summed E-state index contributed by atoms with van der Waals surface area (Å²) in [6.07, 6.45) is -1.86. The predicted octanol–water partition coefficient (Wildman–Crippen LogP) is 2.63. The summed E-state index contributed by atoms with van der Waals surface area (Å²) in [6, 6.07) is 4.39. The number of amides is 1. The molecule has 1 aliphatic heterocycles. The van der Waals surface area contributed by atoms with Gasteiger partial charge >= 0.3 is 6.18 Å². The van der Waals surface area contributed by atoms with Crippen LogP contribution in [-0.2, 0) is 6.18 Å². The predicted molar refractivity (Wildman–Crippen MR) is 84.7 cm³/mol. The zero-order valence-electron chi connectivity index (χ0n) is 13.6. The molecule has 0 saturated carbocycles. The normalized spacial score (nSPS) is 16.9. The number of hydrogen-bond acceptors (Lipinski definition) is 3. The van der Waals surface area contributed by atoms with E-state index in [0.29, 0.717) is 13.1 Å². The van der Waals surface area contributed by atoms with Gasteiger partial charge in [0.1, 0.15) is 0 Å². The fraction of sp³-hybridized carbons (Fsp3) is 0.588. The van der Waals surface area contributed by atoms with Crippen LogP contribution in [0.15, 0.2) is 24.3 Å². The van der Waals surface area contributed by atoms with Crippen LogP contribution in [0.25, 0.3) is 0 Å². The molecule has 0 unspecified atom stereocenters. The Hall–Kier alpha value is -1.60. The van der Waals surface area contributed by atoms with Crippen LogP contribution in [0, 0.1) is 0 Å². The van der Waals surface area contributed by atoms with Gasteiger partial charge in [0.2, 0.25) is 0 Å². The minimum Gasteiger partial charge on any atom is -0.396 e. The van der Waals surface area contributed by atoms with Crippen molar-refractivity contribution in [1.82, 2.24) is 9.80 Å². The molecule has 1 saturated heterocycles. The van der Waals surface area contributed by atoms with Gasteiger partial charge < -0.3 is 14.9 Å². The maximum atomic E-state index is 12.6. The van der Waals surface area contributed by atoms with E-state index in [9.17, 15) is 18.0 Å². The van der Waals surface area contributed by atoms with Crippen LogP contribution >= 0.6 is 0 Å². The molecule has 0 radical (unpaired) electrons. The lowest BCUT2D eigenvalue weighted by molar-refractivity contribution is -0.137. The molecular weight excluding hydrogens is 321 g/mol. The molecule has 1 aliphatic rings. The highest BCUT2D eigenvalue weighted by Gasteiger charge is 2.30. The first-order valence-electron chi connectivity index (χ1n) is 8.21. The fourth-order valence-electron chi connectivity index (χ4n) is 2.83. The van der Waals surface area contributed by atoms with Gasteiger partial charge in [0.25, 0.3) is 5.91 Å². The average molecular weight is 344 g/mol. The minimum atomic E-state index is -4.39. The van der Waals surface area contributed by atoms with Gasteiger partial charge in [-0.3, -0.25) is 4.79 Å². The average Bonchev–Trinajstić information content (AvgIpc) is 2.79. The van der Waals surface area contributed by atoms with Gasteiger partial charge in [0.05, 0.1) is 5.56 Å². The minimum absolute atomic E-state index is 0.187. The zero-order valence-corrected chi connectivity index (χ0v) is 13.6. The van der Waals surface area contributed by atoms with Crippen LogP contribution in [0.2, 0.25) is 0 Å². The van der Waals surface area contributed by atoms with Crippen molar-refractivity contribution in [2.75, 3.05) is 39.3 Å². The second-order valence-electron chi connectivity index (χ2n) is 5.99. The van der Waals surface area contributed by atoms with Crippen LogP contribution in [-0.4, -0.2) is 60.1 Å². The Morgan fingerprint density at radius 1 is 1.04 bits per heavy atom. The first kappa shape index (κ1) is 18.7. The lowest BCUT2D eigenvalue weighted by Crippen LogP contribution is -2.35. The number of benzene rings is 1. The molecule has 1 amide bonds. The highest BCUT2D eigenvalue weighted by atomic mass is 19.4. The number of alkyl halides is 3. The van der Waals surface area contributed by atoms with Crippen LogP contribution in [0.3, 0.4) is 0 Å². The molecule has 0 aliphatic carbocycles. The van der Waals surface area contributed by atoms with Gasteiger partial charge in [-0.05, 0) is 56.6 Å². The number of nitrogens with zero attached hydrogens (tertiary/aromatic N) is 2. The number of unbranched alkanes of at least 4 members (excludes halogenated alkanes) is 1. The van der Waals surface area contributed by atoms with Crippen molar-refractivity contribution in [3.63, 3.8) is 0 Å². The Labute approximate surface area is 139 Å². The van der Waals surface area contributed by atoms with Crippen molar-refractivity contribution in [2.45, 2.75) is 25.4 Å². The number of aliphatic hydroxyl groups excluding tert-OH is 1. The summed E-state index contributed by atoms with van der Waals surface area (Å²) < 4.78 is 37.7. The summed E-state index contributed by atoms with van der Waals surface area (Å²) in [6.45, 7) is 3.89. The van der Waals surface area contributed by atoms with E-state index < -0.39 is 11.7 Å². The van der Waals surface area contributed by atoms with Gasteiger partial charge in [0, 0.05) is 31.8 Å². The largest absolute Gasteiger partial charge is 0.416 e. The van der Waals surface area contributed by atoms with E-state index in [1.807, 2.05) is 0 Å². The first-order chi connectivity index (χ1) is 11.4. The Morgan fingerprint density at radius 2 is 1.75 bits per heavy atom. The Bertz CT molecular complexity index is 532. The van der Waals surface area contributed by atoms with Crippen LogP contribution in [0.5, 0.6) is 0 Å². The molecule has 0 atom stereocenters. The third-order valence-electron chi connectivity index (χ3n) is 4.22. The number of aliphatic hydroxyl groups is 1. The van der Waals surface area contributed by atoms with Gasteiger partial charge in [-0.1, -0.05) is 0 Å². The van der Waals surface area contributed by atoms with Gasteiger partial charge in [-0.25, -0.2) is 0 Å². The van der Waals surface area contributed by atoms with E-state index >= 15 is 0 Å². The number of carbonyl (C=O) groups excluding carboxylic acids is 1. The molecule has 2 rings (SSSR count). The highest BCUT2D eigenvalue weighted by Crippen LogP contribution is 2.29. The molecule has 0 bridgehead atoms. The summed E-state index contributed by atoms with van der Waals surface area (Å²) >= 11 is 0. The number of halogens is 3. The van der Waals surface area contributed by atoms with Gasteiger partial charge in [-0.2, -0.15) is 13.2 Å². The molecule has 1 N–H and O–H groups in total. The lowest BCUT2D eigenvalue weighted by Gasteiger charge is -2.22. The monoisotopic (exact) mass is 344 g/mol. The van der Waals surface area contributed by atoms with E-state index in [2.05, 4.69) is 4.90 Å². The van der Waals surface area contributed by atoms with Crippen molar-refractivity contribution in [3.05, 3.63) is 35.4 Å². The van der Waals surface area contributed by atoms with E-state index in [1.54, 1.807) is 4.90 Å². The molecule has 1 aromatic rings. The standard InChI is InChI=1S/C17H23F3N2O2/c18-17(19,20)15-6-4-14(5-7-15)16(24)22-10-3-9-21(11-12-22)8-1-2-13-23/h4-7,23H,1-3,8-13H2. The second-order valence-corrected chi connectivity index (χ2v) is 5.99. The second kappa shape index (κ2) is 8.48. The zero-order chi connectivity index (χ0) is 17.6. The SMILES string of the molecule is O=C(c1ccc(C(F)(F)F)cc1)N1CCCN(CCCCO)CC1.